The van der Waals surface area contributed by atoms with Crippen molar-refractivity contribution in [3.8, 4) is 0 Å². The molecule has 1 atom stereocenters. The van der Waals surface area contributed by atoms with Gasteiger partial charge in [0.05, 0.1) is 5.25 Å². The van der Waals surface area contributed by atoms with Crippen LogP contribution in [0.25, 0.3) is 0 Å². The van der Waals surface area contributed by atoms with Crippen LogP contribution in [0.1, 0.15) is 37.8 Å². The minimum atomic E-state index is -4.72. The summed E-state index contributed by atoms with van der Waals surface area (Å²) in [5.41, 5.74) is 0. The third-order valence-corrected chi connectivity index (χ3v) is 4.38. The first-order chi connectivity index (χ1) is 11.7. The van der Waals surface area contributed by atoms with Gasteiger partial charge < -0.3 is 15.7 Å². The number of nitrogens with two attached hydrogens (primary N) is 1. The van der Waals surface area contributed by atoms with Crippen molar-refractivity contribution in [2.75, 3.05) is 11.2 Å². The predicted molar refractivity (Wildman–Crippen MR) is 84.2 cm³/mol. The number of nitrogen functional groups attached to an aromatic ring is 1. The normalized spacial score (nSPS) is 13.0. The zero-order valence-electron chi connectivity index (χ0n) is 13.5. The highest BCUT2D eigenvalue weighted by Gasteiger charge is 2.38. The number of halogens is 3. The third kappa shape index (κ3) is 4.87. The second-order valence-corrected chi connectivity index (χ2v) is 6.40. The quantitative estimate of drug-likeness (QED) is 0.562. The number of nitrogens with one attached hydrogen (secondary N) is 1. The molecule has 3 N–H and O–H groups in total. The van der Waals surface area contributed by atoms with Crippen LogP contribution < -0.4 is 11.2 Å². The van der Waals surface area contributed by atoms with E-state index in [2.05, 4.69) is 20.7 Å². The Balaban J connectivity index is 2.14. The van der Waals surface area contributed by atoms with Crippen molar-refractivity contribution in [1.29, 1.82) is 0 Å². The van der Waals surface area contributed by atoms with Crippen molar-refractivity contribution in [3.05, 3.63) is 17.7 Å². The fourth-order valence-electron chi connectivity index (χ4n) is 1.94. The number of carbonyl (C=O) groups excluding carboxylic acids is 1. The number of alkyl halides is 3. The Kier molecular flexibility index (Phi) is 5.93. The number of carbonyl (C=O) groups is 1. The van der Waals surface area contributed by atoms with Crippen molar-refractivity contribution >= 4 is 23.5 Å². The number of thioether (sulfide) groups is 1. The summed E-state index contributed by atoms with van der Waals surface area (Å²) < 4.78 is 43.4. The minimum absolute atomic E-state index is 0.195. The fraction of sp³-hybridized carbons (Fsp3) is 0.538. The number of anilines is 1. The molecule has 25 heavy (non-hydrogen) atoms. The lowest BCUT2D eigenvalue weighted by Gasteiger charge is -2.14. The fourth-order valence-corrected chi connectivity index (χ4v) is 2.94. The van der Waals surface area contributed by atoms with Gasteiger partial charge in [0.15, 0.2) is 5.82 Å². The van der Waals surface area contributed by atoms with Gasteiger partial charge in [-0.25, -0.2) is 4.68 Å². The Hall–Kier alpha value is -2.24. The van der Waals surface area contributed by atoms with Crippen LogP contribution in [0.4, 0.5) is 19.0 Å². The molecule has 0 saturated carbocycles. The molecule has 1 unspecified atom stereocenters. The molecule has 2 heterocycles. The molecule has 2 aromatic heterocycles. The molecular weight excluding hydrogens is 361 g/mol. The Bertz CT molecular complexity index is 730. The zero-order chi connectivity index (χ0) is 18.6. The molecule has 0 aliphatic carbocycles. The number of amides is 1. The summed E-state index contributed by atoms with van der Waals surface area (Å²) in [6.07, 6.45) is -2.78. The van der Waals surface area contributed by atoms with Gasteiger partial charge in [-0.3, -0.25) is 4.79 Å². The van der Waals surface area contributed by atoms with E-state index < -0.39 is 23.2 Å². The molecule has 138 valence electrons. The Morgan fingerprint density at radius 1 is 1.48 bits per heavy atom. The summed E-state index contributed by atoms with van der Waals surface area (Å²) in [5, 5.41) is 11.8. The van der Waals surface area contributed by atoms with E-state index in [9.17, 15) is 18.0 Å². The molecule has 0 saturated heterocycles. The molecule has 0 spiro atoms. The molecule has 0 aromatic carbocycles. The zero-order valence-corrected chi connectivity index (χ0v) is 14.3. The highest BCUT2D eigenvalue weighted by molar-refractivity contribution is 8.00. The first-order valence-electron chi connectivity index (χ1n) is 7.41. The van der Waals surface area contributed by atoms with Crippen LogP contribution in [-0.2, 0) is 11.0 Å². The van der Waals surface area contributed by atoms with E-state index in [1.165, 1.54) is 6.07 Å². The first-order valence-corrected chi connectivity index (χ1v) is 8.28. The van der Waals surface area contributed by atoms with Gasteiger partial charge in [0.1, 0.15) is 5.76 Å². The van der Waals surface area contributed by atoms with E-state index >= 15 is 0 Å². The van der Waals surface area contributed by atoms with Gasteiger partial charge in [-0.2, -0.15) is 13.2 Å². The lowest BCUT2D eigenvalue weighted by molar-refractivity contribution is -0.146. The third-order valence-electron chi connectivity index (χ3n) is 3.16. The summed E-state index contributed by atoms with van der Waals surface area (Å²) in [7, 11) is 0. The standard InChI is InChI=1S/C13H17F3N6O2S/c1-3-4-5-8(10(23)18-9-6-7(2)24-21-9)25-12-20-19-11(22(12)17)13(14,15)16/h6,8H,3-5,17H2,1-2H3,(H,18,21,23). The van der Waals surface area contributed by atoms with E-state index in [0.717, 1.165) is 18.2 Å². The van der Waals surface area contributed by atoms with Gasteiger partial charge in [-0.05, 0) is 13.3 Å². The van der Waals surface area contributed by atoms with Crippen LogP contribution in [0.15, 0.2) is 15.7 Å². The molecule has 2 aromatic rings. The molecule has 0 aliphatic heterocycles. The summed E-state index contributed by atoms with van der Waals surface area (Å²) in [5.74, 6) is 4.41. The monoisotopic (exact) mass is 378 g/mol. The van der Waals surface area contributed by atoms with Gasteiger partial charge in [0, 0.05) is 6.07 Å². The molecular formula is C13H17F3N6O2S. The molecule has 0 fully saturated rings. The number of unbranched alkanes of at least 4 members (excludes halogenated alkanes) is 1. The summed E-state index contributed by atoms with van der Waals surface area (Å²) >= 11 is 0.820. The van der Waals surface area contributed by atoms with E-state index in [0.29, 0.717) is 23.3 Å². The van der Waals surface area contributed by atoms with Crippen molar-refractivity contribution in [2.24, 2.45) is 0 Å². The highest BCUT2D eigenvalue weighted by atomic mass is 32.2. The smallest absolute Gasteiger partial charge is 0.360 e. The molecule has 8 nitrogen and oxygen atoms in total. The van der Waals surface area contributed by atoms with Gasteiger partial charge in [-0.1, -0.05) is 36.7 Å². The van der Waals surface area contributed by atoms with E-state index in [4.69, 9.17) is 10.4 Å². The van der Waals surface area contributed by atoms with Crippen LogP contribution in [-0.4, -0.2) is 31.2 Å². The molecule has 0 radical (unpaired) electrons. The maximum absolute atomic E-state index is 12.7. The molecule has 0 bridgehead atoms. The van der Waals surface area contributed by atoms with Crippen LogP contribution in [0, 0.1) is 6.92 Å². The van der Waals surface area contributed by atoms with Crippen LogP contribution in [0.5, 0.6) is 0 Å². The van der Waals surface area contributed by atoms with Crippen molar-refractivity contribution in [3.63, 3.8) is 0 Å². The Labute approximate surface area is 145 Å². The van der Waals surface area contributed by atoms with Gasteiger partial charge in [0.2, 0.25) is 11.1 Å². The van der Waals surface area contributed by atoms with Crippen LogP contribution >= 0.6 is 11.8 Å². The Morgan fingerprint density at radius 3 is 2.72 bits per heavy atom. The number of hydrogen-bond acceptors (Lipinski definition) is 7. The van der Waals surface area contributed by atoms with E-state index in [1.807, 2.05) is 6.92 Å². The summed E-state index contributed by atoms with van der Waals surface area (Å²) in [6.45, 7) is 3.61. The van der Waals surface area contributed by atoms with Crippen LogP contribution in [0.2, 0.25) is 0 Å². The number of aromatic nitrogens is 4. The van der Waals surface area contributed by atoms with Crippen molar-refractivity contribution < 1.29 is 22.5 Å². The number of nitrogens with zero attached hydrogens (tertiary/aromatic N) is 4. The summed E-state index contributed by atoms with van der Waals surface area (Å²) in [6, 6.07) is 1.53. The second kappa shape index (κ2) is 7.76. The highest BCUT2D eigenvalue weighted by Crippen LogP contribution is 2.31. The lowest BCUT2D eigenvalue weighted by Crippen LogP contribution is -2.27. The van der Waals surface area contributed by atoms with Gasteiger partial charge in [0.25, 0.3) is 5.82 Å². The lowest BCUT2D eigenvalue weighted by atomic mass is 10.2. The topological polar surface area (TPSA) is 112 Å². The Morgan fingerprint density at radius 2 is 2.20 bits per heavy atom. The number of rotatable bonds is 7. The van der Waals surface area contributed by atoms with Gasteiger partial charge >= 0.3 is 6.18 Å². The summed E-state index contributed by atoms with van der Waals surface area (Å²) in [4.78, 5) is 12.4. The maximum Gasteiger partial charge on any atom is 0.453 e. The SMILES string of the molecule is CCCCC(Sc1nnc(C(F)(F)F)n1N)C(=O)Nc1cc(C)on1. The first kappa shape index (κ1) is 19.1. The minimum Gasteiger partial charge on any atom is -0.360 e. The van der Waals surface area contributed by atoms with Crippen LogP contribution in [0.3, 0.4) is 0 Å². The molecule has 2 rings (SSSR count). The van der Waals surface area contributed by atoms with E-state index in [1.54, 1.807) is 6.92 Å². The number of hydrogen-bond donors (Lipinski definition) is 2. The van der Waals surface area contributed by atoms with E-state index in [-0.39, 0.29) is 11.0 Å². The number of aryl methyl sites for hydroxylation is 1. The largest absolute Gasteiger partial charge is 0.453 e. The predicted octanol–water partition coefficient (Wildman–Crippen LogP) is 2.60. The molecule has 12 heteroatoms. The molecule has 1 amide bonds. The average Bonchev–Trinajstić information content (AvgIpc) is 3.09. The van der Waals surface area contributed by atoms with Crippen molar-refractivity contribution in [2.45, 2.75) is 49.7 Å². The molecule has 0 aliphatic rings. The van der Waals surface area contributed by atoms with Crippen molar-refractivity contribution in [1.82, 2.24) is 20.0 Å². The second-order valence-electron chi connectivity index (χ2n) is 5.23. The average molecular weight is 378 g/mol. The maximum atomic E-state index is 12.7. The van der Waals surface area contributed by atoms with Gasteiger partial charge in [-0.15, -0.1) is 10.2 Å².